The zero-order valence-electron chi connectivity index (χ0n) is 10.8. The van der Waals surface area contributed by atoms with Crippen molar-refractivity contribution in [3.63, 3.8) is 0 Å². The van der Waals surface area contributed by atoms with E-state index in [0.717, 1.165) is 25.9 Å². The molecule has 0 saturated heterocycles. The molecule has 0 spiro atoms. The number of nitrogens with one attached hydrogen (secondary N) is 1. The quantitative estimate of drug-likeness (QED) is 0.438. The van der Waals surface area contributed by atoms with Crippen LogP contribution in [-0.4, -0.2) is 30.2 Å². The fourth-order valence-corrected chi connectivity index (χ4v) is 1.54. The number of hydrogen-bond acceptors (Lipinski definition) is 6. The number of ether oxygens (including phenoxy) is 1. The lowest BCUT2D eigenvalue weighted by molar-refractivity contribution is -0.384. The lowest BCUT2D eigenvalue weighted by Gasteiger charge is -2.06. The number of hydrogen-bond donors (Lipinski definition) is 1. The first-order valence-electron chi connectivity index (χ1n) is 5.96. The Hall–Kier alpha value is -2.20. The largest absolute Gasteiger partial charge is 0.385 e. The average Bonchev–Trinajstić information content (AvgIpc) is 2.42. The van der Waals surface area contributed by atoms with Crippen molar-refractivity contribution < 1.29 is 9.66 Å². The van der Waals surface area contributed by atoms with Gasteiger partial charge in [-0.25, -0.2) is 4.98 Å². The van der Waals surface area contributed by atoms with Gasteiger partial charge in [-0.15, -0.1) is 0 Å². The summed E-state index contributed by atoms with van der Waals surface area (Å²) in [5.74, 6) is 0.204. The van der Waals surface area contributed by atoms with Gasteiger partial charge in [0.2, 0.25) is 5.82 Å². The average molecular weight is 264 g/mol. The highest BCUT2D eigenvalue weighted by Gasteiger charge is 2.15. The van der Waals surface area contributed by atoms with E-state index in [0.29, 0.717) is 6.54 Å². The summed E-state index contributed by atoms with van der Waals surface area (Å²) < 4.78 is 4.93. The van der Waals surface area contributed by atoms with Gasteiger partial charge in [0.05, 0.1) is 10.5 Å². The first-order valence-corrected chi connectivity index (χ1v) is 5.96. The molecule has 0 fully saturated rings. The van der Waals surface area contributed by atoms with Gasteiger partial charge < -0.3 is 10.1 Å². The normalized spacial score (nSPS) is 9.89. The van der Waals surface area contributed by atoms with Crippen LogP contribution >= 0.6 is 0 Å². The molecule has 7 heteroatoms. The van der Waals surface area contributed by atoms with Crippen LogP contribution in [0.4, 0.5) is 11.5 Å². The highest BCUT2D eigenvalue weighted by atomic mass is 16.6. The molecule has 0 saturated carbocycles. The third kappa shape index (κ3) is 4.89. The summed E-state index contributed by atoms with van der Waals surface area (Å²) in [7, 11) is 1.66. The molecule has 0 amide bonds. The Balaban J connectivity index is 2.53. The molecule has 7 nitrogen and oxygen atoms in total. The van der Waals surface area contributed by atoms with Crippen LogP contribution in [0, 0.1) is 21.4 Å². The molecule has 0 aliphatic rings. The number of aromatic nitrogens is 1. The van der Waals surface area contributed by atoms with E-state index in [4.69, 9.17) is 10.00 Å². The highest BCUT2D eigenvalue weighted by molar-refractivity contribution is 5.58. The van der Waals surface area contributed by atoms with E-state index in [2.05, 4.69) is 10.3 Å². The van der Waals surface area contributed by atoms with Crippen molar-refractivity contribution in [3.8, 4) is 6.07 Å². The topological polar surface area (TPSA) is 101 Å². The van der Waals surface area contributed by atoms with E-state index in [1.807, 2.05) is 6.07 Å². The molecule has 1 N–H and O–H groups in total. The molecule has 1 rings (SSSR count). The zero-order chi connectivity index (χ0) is 14.1. The molecule has 0 aliphatic heterocycles. The first-order chi connectivity index (χ1) is 9.19. The van der Waals surface area contributed by atoms with E-state index in [1.165, 1.54) is 12.3 Å². The van der Waals surface area contributed by atoms with Gasteiger partial charge in [0.1, 0.15) is 6.07 Å². The van der Waals surface area contributed by atoms with E-state index in [9.17, 15) is 10.1 Å². The van der Waals surface area contributed by atoms with Crippen LogP contribution in [0.1, 0.15) is 24.8 Å². The smallest absolute Gasteiger partial charge is 0.312 e. The number of methoxy groups -OCH3 is 1. The Kier molecular flexibility index (Phi) is 6.26. The van der Waals surface area contributed by atoms with Crippen molar-refractivity contribution in [3.05, 3.63) is 27.9 Å². The molecule has 0 bridgehead atoms. The third-order valence-electron chi connectivity index (χ3n) is 2.51. The fraction of sp³-hybridized carbons (Fsp3) is 0.500. The number of unbranched alkanes of at least 4 members (excludes halogenated alkanes) is 2. The Morgan fingerprint density at radius 3 is 2.95 bits per heavy atom. The molecule has 1 aromatic heterocycles. The zero-order valence-corrected chi connectivity index (χ0v) is 10.8. The highest BCUT2D eigenvalue weighted by Crippen LogP contribution is 2.22. The van der Waals surface area contributed by atoms with Gasteiger partial charge in [0, 0.05) is 32.5 Å². The van der Waals surface area contributed by atoms with Crippen LogP contribution in [0.5, 0.6) is 0 Å². The van der Waals surface area contributed by atoms with Crippen LogP contribution in [0.3, 0.4) is 0 Å². The molecule has 19 heavy (non-hydrogen) atoms. The van der Waals surface area contributed by atoms with Crippen molar-refractivity contribution >= 4 is 11.5 Å². The predicted molar refractivity (Wildman–Crippen MR) is 69.8 cm³/mol. The van der Waals surface area contributed by atoms with Crippen molar-refractivity contribution in [2.75, 3.05) is 25.6 Å². The monoisotopic (exact) mass is 264 g/mol. The molecule has 0 unspecified atom stereocenters. The molecular weight excluding hydrogens is 248 g/mol. The maximum absolute atomic E-state index is 10.9. The maximum Gasteiger partial charge on any atom is 0.312 e. The van der Waals surface area contributed by atoms with Crippen LogP contribution in [-0.2, 0) is 4.74 Å². The summed E-state index contributed by atoms with van der Waals surface area (Å²) in [6, 6.07) is 3.05. The molecule has 1 heterocycles. The number of nitrogens with zero attached hydrogens (tertiary/aromatic N) is 3. The lowest BCUT2D eigenvalue weighted by atomic mass is 10.2. The molecule has 0 radical (unpaired) electrons. The van der Waals surface area contributed by atoms with Gasteiger partial charge in [0.15, 0.2) is 0 Å². The van der Waals surface area contributed by atoms with E-state index >= 15 is 0 Å². The van der Waals surface area contributed by atoms with Crippen LogP contribution in [0.25, 0.3) is 0 Å². The Labute approximate surface area is 111 Å². The molecule has 0 aliphatic carbocycles. The number of nitriles is 1. The Morgan fingerprint density at radius 1 is 1.53 bits per heavy atom. The lowest BCUT2D eigenvalue weighted by Crippen LogP contribution is -2.07. The van der Waals surface area contributed by atoms with Gasteiger partial charge in [0.25, 0.3) is 0 Å². The fourth-order valence-electron chi connectivity index (χ4n) is 1.54. The predicted octanol–water partition coefficient (Wildman–Crippen LogP) is 2.09. The second-order valence-electron chi connectivity index (χ2n) is 3.94. The van der Waals surface area contributed by atoms with E-state index in [1.54, 1.807) is 7.11 Å². The van der Waals surface area contributed by atoms with E-state index < -0.39 is 4.92 Å². The summed E-state index contributed by atoms with van der Waals surface area (Å²) in [6.07, 6.45) is 4.13. The maximum atomic E-state index is 10.9. The number of anilines is 1. The molecule has 1 aromatic rings. The second-order valence-corrected chi connectivity index (χ2v) is 3.94. The molecule has 0 atom stereocenters. The van der Waals surface area contributed by atoms with Crippen molar-refractivity contribution in [2.45, 2.75) is 19.3 Å². The number of rotatable bonds is 8. The minimum absolute atomic E-state index is 0.170. The number of pyridine rings is 1. The van der Waals surface area contributed by atoms with Crippen LogP contribution < -0.4 is 5.32 Å². The summed E-state index contributed by atoms with van der Waals surface area (Å²) in [4.78, 5) is 14.2. The Morgan fingerprint density at radius 2 is 2.32 bits per heavy atom. The van der Waals surface area contributed by atoms with Gasteiger partial charge in [-0.2, -0.15) is 5.26 Å². The van der Waals surface area contributed by atoms with Crippen LogP contribution in [0.15, 0.2) is 12.3 Å². The minimum Gasteiger partial charge on any atom is -0.385 e. The summed E-state index contributed by atoms with van der Waals surface area (Å²) in [6.45, 7) is 1.32. The second kappa shape index (κ2) is 8.00. The molecule has 0 aromatic carbocycles. The summed E-state index contributed by atoms with van der Waals surface area (Å²) in [5, 5.41) is 22.5. The van der Waals surface area contributed by atoms with Gasteiger partial charge in [-0.1, -0.05) is 0 Å². The summed E-state index contributed by atoms with van der Waals surface area (Å²) >= 11 is 0. The third-order valence-corrected chi connectivity index (χ3v) is 2.51. The van der Waals surface area contributed by atoms with Crippen molar-refractivity contribution in [1.82, 2.24) is 4.98 Å². The van der Waals surface area contributed by atoms with E-state index in [-0.39, 0.29) is 17.1 Å². The first kappa shape index (κ1) is 14.9. The molecule has 102 valence electrons. The van der Waals surface area contributed by atoms with Gasteiger partial charge >= 0.3 is 5.69 Å². The van der Waals surface area contributed by atoms with Crippen LogP contribution in [0.2, 0.25) is 0 Å². The SMILES string of the molecule is COCCCCCNc1ncc(C#N)cc1[N+](=O)[O-]. The van der Waals surface area contributed by atoms with Crippen molar-refractivity contribution in [1.29, 1.82) is 5.26 Å². The minimum atomic E-state index is -0.541. The number of nitro groups is 1. The van der Waals surface area contributed by atoms with Crippen molar-refractivity contribution in [2.24, 2.45) is 0 Å². The molecular formula is C12H16N4O3. The van der Waals surface area contributed by atoms with Gasteiger partial charge in [-0.3, -0.25) is 10.1 Å². The van der Waals surface area contributed by atoms with Gasteiger partial charge in [-0.05, 0) is 19.3 Å². The summed E-state index contributed by atoms with van der Waals surface area (Å²) in [5.41, 5.74) is 0.00767. The Bertz CT molecular complexity index is 471. The standard InChI is InChI=1S/C12H16N4O3/c1-19-6-4-2-3-5-14-12-11(16(17)18)7-10(8-13)9-15-12/h7,9H,2-6H2,1H3,(H,14,15).